The van der Waals surface area contributed by atoms with Crippen molar-refractivity contribution in [2.24, 2.45) is 5.90 Å². The molecular formula is C11H17N3O. The maximum Gasteiger partial charge on any atom is 0.0834 e. The molecule has 1 atom stereocenters. The van der Waals surface area contributed by atoms with Crippen molar-refractivity contribution in [2.45, 2.75) is 25.4 Å². The van der Waals surface area contributed by atoms with Crippen molar-refractivity contribution < 1.29 is 4.84 Å². The molecule has 1 aromatic heterocycles. The number of hydrogen-bond donors (Lipinski definition) is 1. The van der Waals surface area contributed by atoms with Crippen LogP contribution in [-0.2, 0) is 11.4 Å². The predicted molar refractivity (Wildman–Crippen MR) is 57.8 cm³/mol. The number of nitrogens with two attached hydrogens (primary N) is 1. The van der Waals surface area contributed by atoms with E-state index in [9.17, 15) is 0 Å². The van der Waals surface area contributed by atoms with E-state index in [1.165, 1.54) is 18.4 Å². The Hall–Kier alpha value is -0.970. The van der Waals surface area contributed by atoms with E-state index in [-0.39, 0.29) is 0 Å². The molecule has 0 aromatic carbocycles. The van der Waals surface area contributed by atoms with Crippen LogP contribution >= 0.6 is 0 Å². The maximum absolute atomic E-state index is 5.12. The molecule has 0 bridgehead atoms. The lowest BCUT2D eigenvalue weighted by atomic mass is 10.2. The summed E-state index contributed by atoms with van der Waals surface area (Å²) in [6.07, 6.45) is 6.12. The molecule has 4 heteroatoms. The van der Waals surface area contributed by atoms with Gasteiger partial charge in [0.2, 0.25) is 0 Å². The first-order valence-corrected chi connectivity index (χ1v) is 5.35. The molecule has 1 fully saturated rings. The SMILES string of the molecule is NOCC1CCCN1Cc1cccnc1. The first-order chi connectivity index (χ1) is 7.40. The van der Waals surface area contributed by atoms with Crippen LogP contribution in [0.2, 0.25) is 0 Å². The summed E-state index contributed by atoms with van der Waals surface area (Å²) in [5.41, 5.74) is 1.25. The van der Waals surface area contributed by atoms with Crippen LogP contribution in [0.4, 0.5) is 0 Å². The fourth-order valence-electron chi connectivity index (χ4n) is 2.13. The second-order valence-electron chi connectivity index (χ2n) is 3.96. The van der Waals surface area contributed by atoms with Gasteiger partial charge in [-0.1, -0.05) is 6.07 Å². The minimum Gasteiger partial charge on any atom is -0.303 e. The number of nitrogens with zero attached hydrogens (tertiary/aromatic N) is 2. The summed E-state index contributed by atoms with van der Waals surface area (Å²) in [7, 11) is 0. The zero-order valence-electron chi connectivity index (χ0n) is 8.80. The summed E-state index contributed by atoms with van der Waals surface area (Å²) in [6.45, 7) is 2.70. The van der Waals surface area contributed by atoms with Crippen LogP contribution in [0.5, 0.6) is 0 Å². The third-order valence-electron chi connectivity index (χ3n) is 2.90. The van der Waals surface area contributed by atoms with Crippen molar-refractivity contribution in [2.75, 3.05) is 13.2 Å². The Morgan fingerprint density at radius 3 is 3.27 bits per heavy atom. The van der Waals surface area contributed by atoms with E-state index < -0.39 is 0 Å². The average molecular weight is 207 g/mol. The molecule has 2 rings (SSSR count). The lowest BCUT2D eigenvalue weighted by Crippen LogP contribution is -2.33. The normalized spacial score (nSPS) is 22.1. The summed E-state index contributed by atoms with van der Waals surface area (Å²) in [6, 6.07) is 4.54. The molecule has 1 unspecified atom stereocenters. The van der Waals surface area contributed by atoms with Crippen molar-refractivity contribution in [3.63, 3.8) is 0 Å². The molecule has 15 heavy (non-hydrogen) atoms. The fraction of sp³-hybridized carbons (Fsp3) is 0.545. The van der Waals surface area contributed by atoms with Crippen LogP contribution in [0.1, 0.15) is 18.4 Å². The summed E-state index contributed by atoms with van der Waals surface area (Å²) in [5, 5.41) is 0. The first-order valence-electron chi connectivity index (χ1n) is 5.35. The lowest BCUT2D eigenvalue weighted by Gasteiger charge is -2.23. The van der Waals surface area contributed by atoms with Gasteiger partial charge in [0.25, 0.3) is 0 Å². The van der Waals surface area contributed by atoms with Gasteiger partial charge in [-0.05, 0) is 31.0 Å². The van der Waals surface area contributed by atoms with Crippen molar-refractivity contribution in [3.8, 4) is 0 Å². The molecule has 82 valence electrons. The molecule has 1 saturated heterocycles. The minimum absolute atomic E-state index is 0.468. The predicted octanol–water partition coefficient (Wildman–Crippen LogP) is 0.936. The standard InChI is InChI=1S/C11H17N3O/c12-15-9-11-4-2-6-14(11)8-10-3-1-5-13-7-10/h1,3,5,7,11H,2,4,6,8-9,12H2. The average Bonchev–Trinajstić information content (AvgIpc) is 2.68. The van der Waals surface area contributed by atoms with Gasteiger partial charge in [-0.25, -0.2) is 5.90 Å². The summed E-state index contributed by atoms with van der Waals surface area (Å²) in [4.78, 5) is 11.3. The molecule has 4 nitrogen and oxygen atoms in total. The van der Waals surface area contributed by atoms with Crippen LogP contribution in [-0.4, -0.2) is 29.1 Å². The Labute approximate surface area is 90.0 Å². The van der Waals surface area contributed by atoms with E-state index >= 15 is 0 Å². The second-order valence-corrected chi connectivity index (χ2v) is 3.96. The van der Waals surface area contributed by atoms with Crippen molar-refractivity contribution >= 4 is 0 Å². The summed E-state index contributed by atoms with van der Waals surface area (Å²) >= 11 is 0. The van der Waals surface area contributed by atoms with E-state index in [1.54, 1.807) is 6.20 Å². The molecule has 0 amide bonds. The molecule has 0 radical (unpaired) electrons. The van der Waals surface area contributed by atoms with Gasteiger partial charge in [-0.3, -0.25) is 9.88 Å². The molecule has 1 aromatic rings. The Bertz CT molecular complexity index is 291. The van der Waals surface area contributed by atoms with Crippen LogP contribution in [0.3, 0.4) is 0 Å². The fourth-order valence-corrected chi connectivity index (χ4v) is 2.13. The van der Waals surface area contributed by atoms with Gasteiger partial charge in [0.15, 0.2) is 0 Å². The zero-order chi connectivity index (χ0) is 10.5. The topological polar surface area (TPSA) is 51.4 Å². The number of hydrogen-bond acceptors (Lipinski definition) is 4. The lowest BCUT2D eigenvalue weighted by molar-refractivity contribution is 0.0751. The summed E-state index contributed by atoms with van der Waals surface area (Å²) < 4.78 is 0. The first kappa shape index (κ1) is 10.5. The quantitative estimate of drug-likeness (QED) is 0.746. The molecule has 0 saturated carbocycles. The van der Waals surface area contributed by atoms with Crippen molar-refractivity contribution in [1.82, 2.24) is 9.88 Å². The number of likely N-dealkylation sites (tertiary alicyclic amines) is 1. The highest BCUT2D eigenvalue weighted by atomic mass is 16.6. The second kappa shape index (κ2) is 5.21. The molecule has 2 N–H and O–H groups in total. The highest BCUT2D eigenvalue weighted by molar-refractivity contribution is 5.08. The smallest absolute Gasteiger partial charge is 0.0834 e. The van der Waals surface area contributed by atoms with Gasteiger partial charge in [-0.2, -0.15) is 0 Å². The van der Waals surface area contributed by atoms with Gasteiger partial charge >= 0.3 is 0 Å². The van der Waals surface area contributed by atoms with Gasteiger partial charge in [0, 0.05) is 25.0 Å². The van der Waals surface area contributed by atoms with E-state index in [0.717, 1.165) is 13.1 Å². The van der Waals surface area contributed by atoms with Gasteiger partial charge in [-0.15, -0.1) is 0 Å². The minimum atomic E-state index is 0.468. The zero-order valence-corrected chi connectivity index (χ0v) is 8.80. The van der Waals surface area contributed by atoms with Crippen LogP contribution < -0.4 is 5.90 Å². The monoisotopic (exact) mass is 207 g/mol. The maximum atomic E-state index is 5.12. The molecular weight excluding hydrogens is 190 g/mol. The number of rotatable bonds is 4. The van der Waals surface area contributed by atoms with Crippen LogP contribution in [0, 0.1) is 0 Å². The molecule has 0 aliphatic carbocycles. The van der Waals surface area contributed by atoms with E-state index in [2.05, 4.69) is 16.0 Å². The number of aromatic nitrogens is 1. The Balaban J connectivity index is 1.93. The number of pyridine rings is 1. The molecule has 2 heterocycles. The van der Waals surface area contributed by atoms with Crippen molar-refractivity contribution in [1.29, 1.82) is 0 Å². The Kier molecular flexibility index (Phi) is 3.66. The van der Waals surface area contributed by atoms with Gasteiger partial charge in [0.1, 0.15) is 0 Å². The van der Waals surface area contributed by atoms with Crippen LogP contribution in [0.15, 0.2) is 24.5 Å². The van der Waals surface area contributed by atoms with Gasteiger partial charge in [0.05, 0.1) is 6.61 Å². The van der Waals surface area contributed by atoms with E-state index in [0.29, 0.717) is 12.6 Å². The van der Waals surface area contributed by atoms with E-state index in [4.69, 9.17) is 10.7 Å². The molecule has 1 aliphatic rings. The Morgan fingerprint density at radius 2 is 2.53 bits per heavy atom. The highest BCUT2D eigenvalue weighted by Crippen LogP contribution is 2.19. The Morgan fingerprint density at radius 1 is 1.60 bits per heavy atom. The molecule has 0 spiro atoms. The van der Waals surface area contributed by atoms with E-state index in [1.807, 2.05) is 12.3 Å². The van der Waals surface area contributed by atoms with Crippen molar-refractivity contribution in [3.05, 3.63) is 30.1 Å². The van der Waals surface area contributed by atoms with Gasteiger partial charge < -0.3 is 4.84 Å². The summed E-state index contributed by atoms with van der Waals surface area (Å²) in [5.74, 6) is 5.12. The molecule has 1 aliphatic heterocycles. The highest BCUT2D eigenvalue weighted by Gasteiger charge is 2.24. The largest absolute Gasteiger partial charge is 0.303 e. The third kappa shape index (κ3) is 2.75. The van der Waals surface area contributed by atoms with Crippen LogP contribution in [0.25, 0.3) is 0 Å². The third-order valence-corrected chi connectivity index (χ3v) is 2.90.